The minimum Gasteiger partial charge on any atom is -0.252 e. The predicted octanol–water partition coefficient (Wildman–Crippen LogP) is 7.79. The molecule has 1 heterocycles. The molecular weight excluding hydrogens is 460 g/mol. The molecule has 1 aliphatic heterocycles. The van der Waals surface area contributed by atoms with Crippen molar-refractivity contribution in [2.24, 2.45) is 0 Å². The van der Waals surface area contributed by atoms with Crippen molar-refractivity contribution in [3.63, 3.8) is 0 Å². The highest BCUT2D eigenvalue weighted by Gasteiger charge is 2.39. The van der Waals surface area contributed by atoms with Gasteiger partial charge in [0.25, 0.3) is 0 Å². The van der Waals surface area contributed by atoms with Gasteiger partial charge in [0.2, 0.25) is 0 Å². The molecule has 0 aromatic rings. The average Bonchev–Trinajstić information content (AvgIpc) is 3.26. The van der Waals surface area contributed by atoms with Crippen LogP contribution in [-0.2, 0) is 0 Å². The second-order valence-electron chi connectivity index (χ2n) is 11.5. The topological polar surface area (TPSA) is 30.0 Å². The number of hydrogen-bond donors (Lipinski definition) is 0. The van der Waals surface area contributed by atoms with Crippen LogP contribution in [0.15, 0.2) is 0 Å². The van der Waals surface area contributed by atoms with E-state index in [9.17, 15) is 4.79 Å². The van der Waals surface area contributed by atoms with Gasteiger partial charge in [0.1, 0.15) is 0 Å². The summed E-state index contributed by atoms with van der Waals surface area (Å²) in [6.07, 6.45) is 27.0. The van der Waals surface area contributed by atoms with Crippen LogP contribution in [0, 0.1) is 0 Å². The second kappa shape index (κ2) is 12.9. The summed E-state index contributed by atoms with van der Waals surface area (Å²) in [4.78, 5) is 13.7. The van der Waals surface area contributed by atoms with Gasteiger partial charge in [-0.3, -0.25) is 8.61 Å². The Morgan fingerprint density at radius 3 is 1.00 bits per heavy atom. The minimum absolute atomic E-state index is 0.253. The fourth-order valence-corrected chi connectivity index (χ4v) is 9.63. The van der Waals surface area contributed by atoms with E-state index in [-0.39, 0.29) is 6.03 Å². The molecule has 5 fully saturated rings. The zero-order chi connectivity index (χ0) is 23.2. The highest BCUT2D eigenvalue weighted by Crippen LogP contribution is 2.41. The number of hydrogen-bond acceptors (Lipinski definition) is 5. The molecule has 5 rings (SSSR count). The summed E-state index contributed by atoms with van der Waals surface area (Å²) < 4.78 is 9.67. The van der Waals surface area contributed by atoms with Crippen molar-refractivity contribution < 1.29 is 4.79 Å². The Morgan fingerprint density at radius 1 is 0.471 bits per heavy atom. The average molecular weight is 509 g/mol. The molecule has 0 aromatic carbocycles. The van der Waals surface area contributed by atoms with Gasteiger partial charge in [0, 0.05) is 48.4 Å². The van der Waals surface area contributed by atoms with E-state index in [0.717, 1.165) is 13.1 Å². The molecule has 7 heteroatoms. The summed E-state index contributed by atoms with van der Waals surface area (Å²) in [5, 5.41) is 0. The maximum Gasteiger partial charge on any atom is 0.342 e. The molecular formula is C27H48N4OS2. The Kier molecular flexibility index (Phi) is 9.70. The van der Waals surface area contributed by atoms with E-state index >= 15 is 0 Å². The lowest BCUT2D eigenvalue weighted by Gasteiger charge is -2.42. The lowest BCUT2D eigenvalue weighted by molar-refractivity contribution is 0.176. The zero-order valence-corrected chi connectivity index (χ0v) is 23.0. The van der Waals surface area contributed by atoms with E-state index in [1.165, 1.54) is 128 Å². The third-order valence-corrected chi connectivity index (χ3v) is 11.7. The summed E-state index contributed by atoms with van der Waals surface area (Å²) in [5.41, 5.74) is 0. The third-order valence-electron chi connectivity index (χ3n) is 9.06. The zero-order valence-electron chi connectivity index (χ0n) is 21.4. The number of urea groups is 1. The van der Waals surface area contributed by atoms with Gasteiger partial charge in [-0.25, -0.2) is 13.4 Å². The van der Waals surface area contributed by atoms with E-state index in [1.54, 1.807) is 0 Å². The second-order valence-corrected chi connectivity index (χ2v) is 13.6. The minimum atomic E-state index is 0.253. The highest BCUT2D eigenvalue weighted by molar-refractivity contribution is 7.96. The number of amides is 2. The number of rotatable bonds is 8. The van der Waals surface area contributed by atoms with Crippen LogP contribution < -0.4 is 0 Å². The van der Waals surface area contributed by atoms with Crippen molar-refractivity contribution in [3.05, 3.63) is 0 Å². The van der Waals surface area contributed by atoms with Gasteiger partial charge in [0.05, 0.1) is 13.1 Å². The van der Waals surface area contributed by atoms with E-state index < -0.39 is 0 Å². The summed E-state index contributed by atoms with van der Waals surface area (Å²) >= 11 is 3.64. The lowest BCUT2D eigenvalue weighted by atomic mass is 9.91. The highest BCUT2D eigenvalue weighted by atomic mass is 32.2. The first-order valence-corrected chi connectivity index (χ1v) is 16.3. The van der Waals surface area contributed by atoms with Crippen LogP contribution in [0.5, 0.6) is 0 Å². The van der Waals surface area contributed by atoms with E-state index in [1.807, 2.05) is 24.3 Å². The van der Waals surface area contributed by atoms with Crippen LogP contribution in [-0.4, -0.2) is 60.5 Å². The Bertz CT molecular complexity index is 540. The molecule has 194 valence electrons. The molecule has 0 unspecified atom stereocenters. The van der Waals surface area contributed by atoms with Crippen LogP contribution in [0.2, 0.25) is 0 Å². The lowest BCUT2D eigenvalue weighted by Crippen LogP contribution is -2.44. The molecule has 4 aliphatic carbocycles. The first-order chi connectivity index (χ1) is 16.8. The maximum atomic E-state index is 13.7. The Labute approximate surface area is 217 Å². The number of carbonyl (C=O) groups is 1. The largest absolute Gasteiger partial charge is 0.342 e. The molecule has 4 saturated carbocycles. The summed E-state index contributed by atoms with van der Waals surface area (Å²) in [6, 6.07) is 2.91. The Hall–Kier alpha value is -0.110. The van der Waals surface area contributed by atoms with Crippen molar-refractivity contribution >= 4 is 30.3 Å². The Morgan fingerprint density at radius 2 is 0.735 bits per heavy atom. The first kappa shape index (κ1) is 25.5. The molecule has 5 nitrogen and oxygen atoms in total. The summed E-state index contributed by atoms with van der Waals surface area (Å²) in [6.45, 7) is 1.74. The van der Waals surface area contributed by atoms with Gasteiger partial charge in [-0.05, 0) is 51.4 Å². The van der Waals surface area contributed by atoms with Crippen LogP contribution in [0.1, 0.15) is 128 Å². The molecule has 5 aliphatic rings. The molecule has 34 heavy (non-hydrogen) atoms. The standard InChI is InChI=1S/C27H48N4OS2/c32-27-28(33-30(23-13-5-1-6-14-23)24-15-7-2-8-16-24)21-22-29(27)34-31(25-17-9-3-10-18-25)26-19-11-4-12-20-26/h23-26H,1-22H2. The van der Waals surface area contributed by atoms with Gasteiger partial charge in [0.15, 0.2) is 0 Å². The molecule has 0 N–H and O–H groups in total. The van der Waals surface area contributed by atoms with Gasteiger partial charge in [-0.1, -0.05) is 77.0 Å². The quantitative estimate of drug-likeness (QED) is 0.312. The molecule has 0 bridgehead atoms. The maximum absolute atomic E-state index is 13.7. The smallest absolute Gasteiger partial charge is 0.252 e. The van der Waals surface area contributed by atoms with Crippen LogP contribution >= 0.6 is 24.3 Å². The number of carbonyl (C=O) groups excluding carboxylic acids is 1. The SMILES string of the molecule is O=C1N(SN(C2CCCCC2)C2CCCCC2)CCN1SN(C1CCCCC1)C1CCCCC1. The normalized spacial score (nSPS) is 27.4. The monoisotopic (exact) mass is 508 g/mol. The van der Waals surface area contributed by atoms with Gasteiger partial charge >= 0.3 is 6.03 Å². The van der Waals surface area contributed by atoms with Gasteiger partial charge in [-0.15, -0.1) is 0 Å². The van der Waals surface area contributed by atoms with Crippen molar-refractivity contribution in [2.75, 3.05) is 13.1 Å². The van der Waals surface area contributed by atoms with Gasteiger partial charge < -0.3 is 0 Å². The van der Waals surface area contributed by atoms with Crippen molar-refractivity contribution in [1.29, 1.82) is 0 Å². The Balaban J connectivity index is 1.23. The first-order valence-electron chi connectivity index (χ1n) is 14.8. The fraction of sp³-hybridized carbons (Fsp3) is 0.963. The van der Waals surface area contributed by atoms with E-state index in [0.29, 0.717) is 24.2 Å². The predicted molar refractivity (Wildman–Crippen MR) is 145 cm³/mol. The number of nitrogens with zero attached hydrogens (tertiary/aromatic N) is 4. The molecule has 1 saturated heterocycles. The summed E-state index contributed by atoms with van der Waals surface area (Å²) in [7, 11) is 0. The van der Waals surface area contributed by atoms with Gasteiger partial charge in [-0.2, -0.15) is 0 Å². The molecule has 2 amide bonds. The molecule has 0 radical (unpaired) electrons. The van der Waals surface area contributed by atoms with Crippen molar-refractivity contribution in [3.8, 4) is 0 Å². The van der Waals surface area contributed by atoms with Crippen LogP contribution in [0.25, 0.3) is 0 Å². The van der Waals surface area contributed by atoms with Crippen molar-refractivity contribution in [1.82, 2.24) is 17.2 Å². The van der Waals surface area contributed by atoms with Crippen LogP contribution in [0.4, 0.5) is 4.79 Å². The third kappa shape index (κ3) is 6.41. The summed E-state index contributed by atoms with van der Waals surface area (Å²) in [5.74, 6) is 0. The molecule has 0 atom stereocenters. The molecule has 0 aromatic heterocycles. The van der Waals surface area contributed by atoms with E-state index in [4.69, 9.17) is 0 Å². The van der Waals surface area contributed by atoms with E-state index in [2.05, 4.69) is 17.2 Å². The van der Waals surface area contributed by atoms with Crippen molar-refractivity contribution in [2.45, 2.75) is 153 Å². The van der Waals surface area contributed by atoms with Crippen LogP contribution in [0.3, 0.4) is 0 Å². The molecule has 0 spiro atoms. The fourth-order valence-electron chi connectivity index (χ4n) is 7.08.